The van der Waals surface area contributed by atoms with E-state index in [9.17, 15) is 0 Å². The zero-order valence-electron chi connectivity index (χ0n) is 6.43. The topological polar surface area (TPSA) is 12.0 Å². The molecule has 0 radical (unpaired) electrons. The maximum absolute atomic E-state index is 3.38. The summed E-state index contributed by atoms with van der Waals surface area (Å²) in [5, 5.41) is 4.26. The zero-order valence-corrected chi connectivity index (χ0v) is 8.06. The van der Waals surface area contributed by atoms with E-state index in [0.29, 0.717) is 0 Å². The van der Waals surface area contributed by atoms with Crippen LogP contribution >= 0.6 is 23.5 Å². The molecular formula is C7H15NS2. The fourth-order valence-corrected chi connectivity index (χ4v) is 3.61. The van der Waals surface area contributed by atoms with Crippen molar-refractivity contribution in [3.8, 4) is 0 Å². The van der Waals surface area contributed by atoms with Gasteiger partial charge in [0.25, 0.3) is 0 Å². The highest BCUT2D eigenvalue weighted by atomic mass is 32.2. The van der Waals surface area contributed by atoms with Crippen molar-refractivity contribution in [1.29, 1.82) is 0 Å². The van der Waals surface area contributed by atoms with Crippen LogP contribution < -0.4 is 5.32 Å². The smallest absolute Gasteiger partial charge is 0.0263 e. The van der Waals surface area contributed by atoms with Crippen molar-refractivity contribution in [3.63, 3.8) is 0 Å². The van der Waals surface area contributed by atoms with E-state index in [2.05, 4.69) is 35.8 Å². The van der Waals surface area contributed by atoms with Crippen LogP contribution in [0.5, 0.6) is 0 Å². The number of hydrogen-bond donors (Lipinski definition) is 1. The summed E-state index contributed by atoms with van der Waals surface area (Å²) < 4.78 is 0. The molecule has 0 bridgehead atoms. The fraction of sp³-hybridized carbons (Fsp3) is 1.00. The van der Waals surface area contributed by atoms with Crippen molar-refractivity contribution in [2.75, 3.05) is 30.3 Å². The maximum Gasteiger partial charge on any atom is 0.0263 e. The molecule has 1 nitrogen and oxygen atoms in total. The van der Waals surface area contributed by atoms with Gasteiger partial charge in [-0.25, -0.2) is 0 Å². The Balaban J connectivity index is 2.02. The van der Waals surface area contributed by atoms with Crippen LogP contribution in [0.15, 0.2) is 0 Å². The van der Waals surface area contributed by atoms with E-state index in [1.54, 1.807) is 0 Å². The lowest BCUT2D eigenvalue weighted by atomic mass is 10.4. The van der Waals surface area contributed by atoms with E-state index in [4.69, 9.17) is 0 Å². The Bertz CT molecular complexity index is 81.7. The third kappa shape index (κ3) is 3.17. The largest absolute Gasteiger partial charge is 0.316 e. The van der Waals surface area contributed by atoms with Crippen LogP contribution in [0.4, 0.5) is 0 Å². The quantitative estimate of drug-likeness (QED) is 0.701. The molecule has 1 N–H and O–H groups in total. The van der Waals surface area contributed by atoms with Gasteiger partial charge in [0.2, 0.25) is 0 Å². The predicted molar refractivity (Wildman–Crippen MR) is 52.1 cm³/mol. The van der Waals surface area contributed by atoms with Gasteiger partial charge in [-0.1, -0.05) is 6.92 Å². The molecule has 0 aromatic rings. The van der Waals surface area contributed by atoms with E-state index in [0.717, 1.165) is 11.8 Å². The number of thioether (sulfide) groups is 2. The molecule has 1 aliphatic rings. The fourth-order valence-electron chi connectivity index (χ4n) is 0.960. The molecule has 1 fully saturated rings. The van der Waals surface area contributed by atoms with Crippen LogP contribution in [0.3, 0.4) is 0 Å². The Hall–Kier alpha value is 0.660. The average Bonchev–Trinajstić information content (AvgIpc) is 2.03. The molecule has 1 rings (SSSR count). The lowest BCUT2D eigenvalue weighted by Crippen LogP contribution is -2.28. The molecule has 1 atom stereocenters. The SMILES string of the molecule is CCNCC1CSCCS1. The summed E-state index contributed by atoms with van der Waals surface area (Å²) in [6.45, 7) is 4.48. The first-order chi connectivity index (χ1) is 4.93. The lowest BCUT2D eigenvalue weighted by Gasteiger charge is -2.20. The van der Waals surface area contributed by atoms with Gasteiger partial charge in [-0.2, -0.15) is 23.5 Å². The summed E-state index contributed by atoms with van der Waals surface area (Å²) in [7, 11) is 0. The molecule has 60 valence electrons. The van der Waals surface area contributed by atoms with E-state index < -0.39 is 0 Å². The second-order valence-corrected chi connectivity index (χ2v) is 4.93. The predicted octanol–water partition coefficient (Wildman–Crippen LogP) is 1.44. The molecule has 1 aliphatic heterocycles. The Kier molecular flexibility index (Phi) is 4.66. The van der Waals surface area contributed by atoms with Crippen molar-refractivity contribution in [3.05, 3.63) is 0 Å². The highest BCUT2D eigenvalue weighted by Crippen LogP contribution is 2.22. The summed E-state index contributed by atoms with van der Waals surface area (Å²) in [4.78, 5) is 0. The van der Waals surface area contributed by atoms with E-state index in [1.165, 1.54) is 23.8 Å². The Morgan fingerprint density at radius 3 is 3.00 bits per heavy atom. The molecule has 0 saturated carbocycles. The van der Waals surface area contributed by atoms with Gasteiger partial charge in [-0.05, 0) is 6.54 Å². The first-order valence-electron chi connectivity index (χ1n) is 3.83. The second kappa shape index (κ2) is 5.33. The van der Waals surface area contributed by atoms with E-state index >= 15 is 0 Å². The Morgan fingerprint density at radius 2 is 2.40 bits per heavy atom. The lowest BCUT2D eigenvalue weighted by molar-refractivity contribution is 0.715. The minimum absolute atomic E-state index is 0.874. The summed E-state index contributed by atoms with van der Waals surface area (Å²) in [5.74, 6) is 4.05. The third-order valence-electron chi connectivity index (χ3n) is 1.51. The highest BCUT2D eigenvalue weighted by Gasteiger charge is 2.12. The zero-order chi connectivity index (χ0) is 7.23. The molecule has 1 heterocycles. The Morgan fingerprint density at radius 1 is 1.50 bits per heavy atom. The summed E-state index contributed by atoms with van der Waals surface area (Å²) >= 11 is 4.21. The van der Waals surface area contributed by atoms with Gasteiger partial charge in [-0.3, -0.25) is 0 Å². The van der Waals surface area contributed by atoms with E-state index in [-0.39, 0.29) is 0 Å². The normalized spacial score (nSPS) is 26.7. The van der Waals surface area contributed by atoms with Crippen molar-refractivity contribution >= 4 is 23.5 Å². The van der Waals surface area contributed by atoms with Crippen molar-refractivity contribution < 1.29 is 0 Å². The molecule has 1 saturated heterocycles. The van der Waals surface area contributed by atoms with Gasteiger partial charge in [0.15, 0.2) is 0 Å². The van der Waals surface area contributed by atoms with Crippen LogP contribution in [0, 0.1) is 0 Å². The summed E-state index contributed by atoms with van der Waals surface area (Å²) in [5.41, 5.74) is 0. The maximum atomic E-state index is 3.38. The molecule has 10 heavy (non-hydrogen) atoms. The minimum Gasteiger partial charge on any atom is -0.316 e. The number of nitrogens with one attached hydrogen (secondary N) is 1. The number of hydrogen-bond acceptors (Lipinski definition) is 3. The van der Waals surface area contributed by atoms with Gasteiger partial charge >= 0.3 is 0 Å². The van der Waals surface area contributed by atoms with Crippen LogP contribution in [0.25, 0.3) is 0 Å². The summed E-state index contributed by atoms with van der Waals surface area (Å²) in [6.07, 6.45) is 0. The second-order valence-electron chi connectivity index (χ2n) is 2.38. The molecule has 3 heteroatoms. The van der Waals surface area contributed by atoms with Gasteiger partial charge in [0.1, 0.15) is 0 Å². The van der Waals surface area contributed by atoms with Gasteiger partial charge in [-0.15, -0.1) is 0 Å². The van der Waals surface area contributed by atoms with Crippen LogP contribution in [0.1, 0.15) is 6.92 Å². The van der Waals surface area contributed by atoms with Crippen molar-refractivity contribution in [2.45, 2.75) is 12.2 Å². The third-order valence-corrected chi connectivity index (χ3v) is 4.35. The average molecular weight is 177 g/mol. The number of rotatable bonds is 3. The monoisotopic (exact) mass is 177 g/mol. The van der Waals surface area contributed by atoms with E-state index in [1.807, 2.05) is 0 Å². The molecule has 0 amide bonds. The molecule has 0 aromatic carbocycles. The van der Waals surface area contributed by atoms with Gasteiger partial charge in [0.05, 0.1) is 0 Å². The van der Waals surface area contributed by atoms with Crippen LogP contribution in [-0.2, 0) is 0 Å². The molecule has 0 spiro atoms. The molecule has 1 unspecified atom stereocenters. The van der Waals surface area contributed by atoms with Gasteiger partial charge < -0.3 is 5.32 Å². The summed E-state index contributed by atoms with van der Waals surface area (Å²) in [6, 6.07) is 0. The molecule has 0 aliphatic carbocycles. The van der Waals surface area contributed by atoms with Crippen LogP contribution in [-0.4, -0.2) is 35.6 Å². The van der Waals surface area contributed by atoms with Crippen molar-refractivity contribution in [2.24, 2.45) is 0 Å². The van der Waals surface area contributed by atoms with Crippen LogP contribution in [0.2, 0.25) is 0 Å². The first kappa shape index (κ1) is 8.75. The van der Waals surface area contributed by atoms with Crippen molar-refractivity contribution in [1.82, 2.24) is 5.32 Å². The molecule has 0 aromatic heterocycles. The standard InChI is InChI=1S/C7H15NS2/c1-2-8-5-7-6-9-3-4-10-7/h7-8H,2-6H2,1H3. The molecular weight excluding hydrogens is 162 g/mol. The van der Waals surface area contributed by atoms with Gasteiger partial charge in [0, 0.05) is 29.1 Å². The Labute approximate surface area is 71.7 Å². The highest BCUT2D eigenvalue weighted by molar-refractivity contribution is 8.06. The first-order valence-corrected chi connectivity index (χ1v) is 6.04. The minimum atomic E-state index is 0.874.